The van der Waals surface area contributed by atoms with Gasteiger partial charge in [-0.2, -0.15) is 5.10 Å². The van der Waals surface area contributed by atoms with Crippen LogP contribution in [0.25, 0.3) is 11.1 Å². The van der Waals surface area contributed by atoms with Crippen LogP contribution in [-0.4, -0.2) is 56.5 Å². The van der Waals surface area contributed by atoms with Crippen LogP contribution < -0.4 is 15.8 Å². The van der Waals surface area contributed by atoms with Gasteiger partial charge in [-0.05, 0) is 55.2 Å². The molecule has 188 valence electrons. The highest BCUT2D eigenvalue weighted by Crippen LogP contribution is 2.26. The summed E-state index contributed by atoms with van der Waals surface area (Å²) in [5, 5.41) is 13.0. The molecule has 0 saturated heterocycles. The number of aryl methyl sites for hydroxylation is 3. The van der Waals surface area contributed by atoms with Crippen molar-refractivity contribution in [2.45, 2.75) is 44.5 Å². The maximum atomic E-state index is 12.7. The van der Waals surface area contributed by atoms with Crippen molar-refractivity contribution in [3.8, 4) is 16.9 Å². The lowest BCUT2D eigenvalue weighted by Crippen LogP contribution is -2.49. The fourth-order valence-electron chi connectivity index (χ4n) is 3.54. The zero-order valence-corrected chi connectivity index (χ0v) is 20.7. The van der Waals surface area contributed by atoms with E-state index < -0.39 is 20.5 Å². The number of carbonyl (C=O) groups excluding carboxylic acids is 1. The molecular formula is C23H29N5O6S. The number of amides is 1. The van der Waals surface area contributed by atoms with Crippen LogP contribution in [0.1, 0.15) is 25.3 Å². The SMILES string of the molecule is Cc1cc(-c2ccn(CCC(C)(C(=O)NO)S(C)(=O)=O)c(=O)c2)ccc1OCCCn1cncn1. The lowest BCUT2D eigenvalue weighted by atomic mass is 10.0. The van der Waals surface area contributed by atoms with Crippen molar-refractivity contribution in [1.29, 1.82) is 0 Å². The number of carbonyl (C=O) groups is 1. The summed E-state index contributed by atoms with van der Waals surface area (Å²) in [6, 6.07) is 8.86. The molecule has 12 heteroatoms. The smallest absolute Gasteiger partial charge is 0.264 e. The molecule has 3 rings (SSSR count). The number of hydrogen-bond donors (Lipinski definition) is 2. The fourth-order valence-corrected chi connectivity index (χ4v) is 4.38. The number of ether oxygens (including phenoxy) is 1. The monoisotopic (exact) mass is 503 g/mol. The predicted octanol–water partition coefficient (Wildman–Crippen LogP) is 1.58. The number of nitrogens with one attached hydrogen (secondary N) is 1. The van der Waals surface area contributed by atoms with Gasteiger partial charge in [-0.1, -0.05) is 6.07 Å². The van der Waals surface area contributed by atoms with E-state index in [0.29, 0.717) is 18.7 Å². The molecular weight excluding hydrogens is 474 g/mol. The first-order chi connectivity index (χ1) is 16.5. The standard InChI is InChI=1S/C23H29N5O6S/c1-17-13-18(5-6-20(17)34-12-4-9-28-16-24-15-25-28)19-7-10-27(21(29)14-19)11-8-23(2,22(30)26-31)35(3,32)33/h5-7,10,13-16,31H,4,8-9,11-12H2,1-3H3,(H,26,30). The maximum absolute atomic E-state index is 12.7. The van der Waals surface area contributed by atoms with E-state index in [1.165, 1.54) is 29.4 Å². The zero-order chi connectivity index (χ0) is 25.6. The van der Waals surface area contributed by atoms with Crippen molar-refractivity contribution < 1.29 is 23.2 Å². The van der Waals surface area contributed by atoms with Gasteiger partial charge in [-0.3, -0.25) is 19.5 Å². The highest BCUT2D eigenvalue weighted by atomic mass is 32.2. The zero-order valence-electron chi connectivity index (χ0n) is 19.8. The molecule has 0 aliphatic heterocycles. The van der Waals surface area contributed by atoms with Crippen molar-refractivity contribution in [3.63, 3.8) is 0 Å². The Hall–Kier alpha value is -3.51. The average Bonchev–Trinajstić information content (AvgIpc) is 3.34. The Labute approximate surface area is 203 Å². The van der Waals surface area contributed by atoms with Crippen LogP contribution in [-0.2, 0) is 27.7 Å². The molecule has 0 aliphatic carbocycles. The van der Waals surface area contributed by atoms with Crippen molar-refractivity contribution in [1.82, 2.24) is 24.8 Å². The Balaban J connectivity index is 1.67. The highest BCUT2D eigenvalue weighted by molar-refractivity contribution is 7.92. The third-order valence-electron chi connectivity index (χ3n) is 5.99. The van der Waals surface area contributed by atoms with Gasteiger partial charge in [0.2, 0.25) is 0 Å². The number of sulfone groups is 1. The van der Waals surface area contributed by atoms with E-state index in [2.05, 4.69) is 10.1 Å². The van der Waals surface area contributed by atoms with Gasteiger partial charge < -0.3 is 9.30 Å². The minimum Gasteiger partial charge on any atom is -0.493 e. The van der Waals surface area contributed by atoms with Gasteiger partial charge in [0.25, 0.3) is 11.5 Å². The Morgan fingerprint density at radius 3 is 2.54 bits per heavy atom. The van der Waals surface area contributed by atoms with Crippen LogP contribution in [0, 0.1) is 6.92 Å². The first kappa shape index (κ1) is 26.1. The van der Waals surface area contributed by atoms with Gasteiger partial charge in [-0.15, -0.1) is 0 Å². The lowest BCUT2D eigenvalue weighted by Gasteiger charge is -2.25. The molecule has 11 nitrogen and oxygen atoms in total. The fraction of sp³-hybridized carbons (Fsp3) is 0.391. The first-order valence-electron chi connectivity index (χ1n) is 11.0. The van der Waals surface area contributed by atoms with E-state index in [4.69, 9.17) is 9.94 Å². The topological polar surface area (TPSA) is 145 Å². The molecule has 2 N–H and O–H groups in total. The Bertz CT molecular complexity index is 1340. The van der Waals surface area contributed by atoms with Crippen LogP contribution in [0.15, 0.2) is 54.0 Å². The highest BCUT2D eigenvalue weighted by Gasteiger charge is 2.43. The second-order valence-corrected chi connectivity index (χ2v) is 10.9. The number of benzene rings is 1. The third kappa shape index (κ3) is 6.14. The van der Waals surface area contributed by atoms with Gasteiger partial charge in [0.05, 0.1) is 6.61 Å². The van der Waals surface area contributed by atoms with Crippen molar-refractivity contribution >= 4 is 15.7 Å². The first-order valence-corrected chi connectivity index (χ1v) is 12.8. The van der Waals surface area contributed by atoms with E-state index in [1.807, 2.05) is 25.1 Å². The Morgan fingerprint density at radius 2 is 1.94 bits per heavy atom. The molecule has 0 radical (unpaired) electrons. The number of hydrogen-bond acceptors (Lipinski definition) is 8. The third-order valence-corrected chi connectivity index (χ3v) is 8.02. The molecule has 3 aromatic rings. The summed E-state index contributed by atoms with van der Waals surface area (Å²) >= 11 is 0. The molecule has 0 fully saturated rings. The van der Waals surface area contributed by atoms with E-state index in [-0.39, 0.29) is 18.5 Å². The molecule has 0 saturated carbocycles. The molecule has 1 amide bonds. The number of rotatable bonds is 11. The van der Waals surface area contributed by atoms with E-state index in [1.54, 1.807) is 23.3 Å². The number of nitrogens with zero attached hydrogens (tertiary/aromatic N) is 4. The van der Waals surface area contributed by atoms with Crippen LogP contribution in [0.3, 0.4) is 0 Å². The largest absolute Gasteiger partial charge is 0.493 e. The summed E-state index contributed by atoms with van der Waals surface area (Å²) < 4.78 is 31.3. The number of pyridine rings is 1. The molecule has 1 unspecified atom stereocenters. The number of hydroxylamine groups is 1. The van der Waals surface area contributed by atoms with Crippen molar-refractivity contribution in [2.75, 3.05) is 12.9 Å². The molecule has 0 bridgehead atoms. The Kier molecular flexibility index (Phi) is 8.07. The summed E-state index contributed by atoms with van der Waals surface area (Å²) in [7, 11) is -3.85. The molecule has 1 aromatic carbocycles. The van der Waals surface area contributed by atoms with E-state index in [0.717, 1.165) is 29.6 Å². The summed E-state index contributed by atoms with van der Waals surface area (Å²) in [5.74, 6) is -0.288. The van der Waals surface area contributed by atoms with Gasteiger partial charge in [0.15, 0.2) is 14.6 Å². The molecule has 0 spiro atoms. The van der Waals surface area contributed by atoms with E-state index in [9.17, 15) is 18.0 Å². The second-order valence-electron chi connectivity index (χ2n) is 8.48. The van der Waals surface area contributed by atoms with Gasteiger partial charge >= 0.3 is 0 Å². The van der Waals surface area contributed by atoms with Crippen LogP contribution in [0.2, 0.25) is 0 Å². The van der Waals surface area contributed by atoms with Crippen molar-refractivity contribution in [3.05, 3.63) is 65.1 Å². The maximum Gasteiger partial charge on any atom is 0.264 e. The minimum absolute atomic E-state index is 0.0174. The van der Waals surface area contributed by atoms with Gasteiger partial charge in [0, 0.05) is 38.0 Å². The predicted molar refractivity (Wildman–Crippen MR) is 129 cm³/mol. The van der Waals surface area contributed by atoms with Crippen LogP contribution in [0.5, 0.6) is 5.75 Å². The molecule has 1 atom stereocenters. The molecule has 0 aliphatic rings. The van der Waals surface area contributed by atoms with Crippen molar-refractivity contribution in [2.24, 2.45) is 0 Å². The summed E-state index contributed by atoms with van der Waals surface area (Å²) in [6.45, 7) is 4.36. The van der Waals surface area contributed by atoms with Crippen LogP contribution in [0.4, 0.5) is 0 Å². The summed E-state index contributed by atoms with van der Waals surface area (Å²) in [6.07, 6.45) is 6.22. The quantitative estimate of drug-likeness (QED) is 0.228. The van der Waals surface area contributed by atoms with Gasteiger partial charge in [0.1, 0.15) is 18.4 Å². The number of aromatic nitrogens is 4. The second kappa shape index (κ2) is 10.8. The van der Waals surface area contributed by atoms with Gasteiger partial charge in [-0.25, -0.2) is 18.9 Å². The summed E-state index contributed by atoms with van der Waals surface area (Å²) in [4.78, 5) is 28.6. The summed E-state index contributed by atoms with van der Waals surface area (Å²) in [5.41, 5.74) is 3.52. The molecule has 2 heterocycles. The average molecular weight is 504 g/mol. The minimum atomic E-state index is -3.85. The lowest BCUT2D eigenvalue weighted by molar-refractivity contribution is -0.131. The molecule has 35 heavy (non-hydrogen) atoms. The molecule has 2 aromatic heterocycles. The van der Waals surface area contributed by atoms with E-state index >= 15 is 0 Å². The normalized spacial score (nSPS) is 13.3. The van der Waals surface area contributed by atoms with Crippen LogP contribution >= 0.6 is 0 Å². The Morgan fingerprint density at radius 1 is 1.20 bits per heavy atom.